The van der Waals surface area contributed by atoms with E-state index in [2.05, 4.69) is 17.1 Å². The predicted molar refractivity (Wildman–Crippen MR) is 80.4 cm³/mol. The molecule has 98 valence electrons. The van der Waals surface area contributed by atoms with Gasteiger partial charge in [0.1, 0.15) is 0 Å². The molecule has 2 nitrogen and oxygen atoms in total. The van der Waals surface area contributed by atoms with Crippen molar-refractivity contribution in [3.63, 3.8) is 0 Å². The van der Waals surface area contributed by atoms with Crippen LogP contribution in [0, 0.1) is 0 Å². The van der Waals surface area contributed by atoms with Gasteiger partial charge in [0.2, 0.25) is 0 Å². The fourth-order valence-corrected chi connectivity index (χ4v) is 1.80. The Hall–Kier alpha value is -1.09. The Balaban J connectivity index is 0.00000144. The van der Waals surface area contributed by atoms with Crippen molar-refractivity contribution in [1.82, 2.24) is 4.98 Å². The molecule has 18 heavy (non-hydrogen) atoms. The van der Waals surface area contributed by atoms with Crippen LogP contribution in [0.4, 0.5) is 0 Å². The van der Waals surface area contributed by atoms with E-state index in [4.69, 9.17) is 5.73 Å². The van der Waals surface area contributed by atoms with E-state index in [0.717, 1.165) is 17.7 Å². The van der Waals surface area contributed by atoms with E-state index in [0.29, 0.717) is 0 Å². The molecule has 1 aromatic carbocycles. The third-order valence-electron chi connectivity index (χ3n) is 2.71. The molecule has 2 rings (SSSR count). The van der Waals surface area contributed by atoms with Crippen molar-refractivity contribution in [2.75, 3.05) is 0 Å². The van der Waals surface area contributed by atoms with Crippen LogP contribution in [-0.2, 0) is 12.0 Å². The van der Waals surface area contributed by atoms with Crippen molar-refractivity contribution < 1.29 is 0 Å². The van der Waals surface area contributed by atoms with Crippen LogP contribution in [0.5, 0.6) is 0 Å². The Morgan fingerprint density at radius 2 is 1.61 bits per heavy atom. The Labute approximate surface area is 120 Å². The van der Waals surface area contributed by atoms with Crippen molar-refractivity contribution in [2.24, 2.45) is 5.73 Å². The molecular formula is C14H18Cl2N2. The van der Waals surface area contributed by atoms with E-state index in [9.17, 15) is 0 Å². The smallest absolute Gasteiger partial charge is 0.0436 e. The molecule has 2 N–H and O–H groups in total. The van der Waals surface area contributed by atoms with Gasteiger partial charge >= 0.3 is 0 Å². The predicted octanol–water partition coefficient (Wildman–Crippen LogP) is 3.34. The van der Waals surface area contributed by atoms with Crippen LogP contribution >= 0.6 is 24.8 Å². The van der Waals surface area contributed by atoms with Crippen LogP contribution in [0.15, 0.2) is 54.7 Å². The monoisotopic (exact) mass is 284 g/mol. The quantitative estimate of drug-likeness (QED) is 0.939. The number of benzene rings is 1. The lowest BCUT2D eigenvalue weighted by Gasteiger charge is -2.24. The Bertz CT molecular complexity index is 444. The highest BCUT2D eigenvalue weighted by Gasteiger charge is 2.21. The zero-order valence-corrected chi connectivity index (χ0v) is 11.9. The molecular weight excluding hydrogens is 267 g/mol. The molecule has 0 aliphatic heterocycles. The first-order valence-corrected chi connectivity index (χ1v) is 5.43. The Kier molecular flexibility index (Phi) is 6.92. The SMILES string of the molecule is CC(N)(Cc1ccccn1)c1ccccc1.Cl.Cl. The van der Waals surface area contributed by atoms with E-state index in [1.807, 2.05) is 43.3 Å². The molecule has 0 saturated heterocycles. The van der Waals surface area contributed by atoms with E-state index in [1.54, 1.807) is 6.20 Å². The lowest BCUT2D eigenvalue weighted by atomic mass is 9.88. The van der Waals surface area contributed by atoms with E-state index in [-0.39, 0.29) is 30.4 Å². The molecule has 1 atom stereocenters. The van der Waals surface area contributed by atoms with Gasteiger partial charge in [-0.05, 0) is 24.6 Å². The fraction of sp³-hybridized carbons (Fsp3) is 0.214. The maximum absolute atomic E-state index is 6.33. The molecule has 0 radical (unpaired) electrons. The molecule has 0 aliphatic carbocycles. The minimum absolute atomic E-state index is 0. The van der Waals surface area contributed by atoms with Crippen LogP contribution in [0.2, 0.25) is 0 Å². The molecule has 0 bridgehead atoms. The maximum atomic E-state index is 6.33. The number of nitrogens with two attached hydrogens (primary N) is 1. The minimum Gasteiger partial charge on any atom is -0.321 e. The number of rotatable bonds is 3. The molecule has 0 fully saturated rings. The van der Waals surface area contributed by atoms with Crippen molar-refractivity contribution >= 4 is 24.8 Å². The molecule has 0 spiro atoms. The van der Waals surface area contributed by atoms with Gasteiger partial charge in [0.15, 0.2) is 0 Å². The first-order valence-electron chi connectivity index (χ1n) is 5.43. The van der Waals surface area contributed by atoms with Crippen molar-refractivity contribution in [1.29, 1.82) is 0 Å². The third kappa shape index (κ3) is 4.30. The summed E-state index contributed by atoms with van der Waals surface area (Å²) < 4.78 is 0. The lowest BCUT2D eigenvalue weighted by molar-refractivity contribution is 0.485. The molecule has 1 aromatic heterocycles. The highest BCUT2D eigenvalue weighted by atomic mass is 35.5. The molecule has 0 aliphatic rings. The number of aromatic nitrogens is 1. The number of hydrogen-bond acceptors (Lipinski definition) is 2. The van der Waals surface area contributed by atoms with Gasteiger partial charge < -0.3 is 5.73 Å². The van der Waals surface area contributed by atoms with Gasteiger partial charge in [-0.15, -0.1) is 24.8 Å². The molecule has 0 amide bonds. The van der Waals surface area contributed by atoms with E-state index in [1.165, 1.54) is 0 Å². The first kappa shape index (κ1) is 16.9. The Morgan fingerprint density at radius 3 is 2.17 bits per heavy atom. The summed E-state index contributed by atoms with van der Waals surface area (Å²) in [4.78, 5) is 4.31. The van der Waals surface area contributed by atoms with Crippen LogP contribution in [0.1, 0.15) is 18.2 Å². The summed E-state index contributed by atoms with van der Waals surface area (Å²) in [5, 5.41) is 0. The topological polar surface area (TPSA) is 38.9 Å². The molecule has 1 heterocycles. The zero-order chi connectivity index (χ0) is 11.4. The largest absolute Gasteiger partial charge is 0.321 e. The van der Waals surface area contributed by atoms with Gasteiger partial charge in [0, 0.05) is 23.9 Å². The fourth-order valence-electron chi connectivity index (χ4n) is 1.80. The van der Waals surface area contributed by atoms with E-state index < -0.39 is 0 Å². The number of halogens is 2. The van der Waals surface area contributed by atoms with Gasteiger partial charge in [-0.3, -0.25) is 4.98 Å². The maximum Gasteiger partial charge on any atom is 0.0436 e. The third-order valence-corrected chi connectivity index (χ3v) is 2.71. The number of nitrogens with zero attached hydrogens (tertiary/aromatic N) is 1. The second kappa shape index (κ2) is 7.37. The lowest BCUT2D eigenvalue weighted by Crippen LogP contribution is -2.35. The van der Waals surface area contributed by atoms with Gasteiger partial charge in [-0.2, -0.15) is 0 Å². The van der Waals surface area contributed by atoms with Crippen LogP contribution < -0.4 is 5.73 Å². The van der Waals surface area contributed by atoms with Gasteiger partial charge in [0.05, 0.1) is 0 Å². The second-order valence-electron chi connectivity index (χ2n) is 4.28. The average molecular weight is 285 g/mol. The van der Waals surface area contributed by atoms with Crippen molar-refractivity contribution in [2.45, 2.75) is 18.9 Å². The highest BCUT2D eigenvalue weighted by Crippen LogP contribution is 2.21. The summed E-state index contributed by atoms with van der Waals surface area (Å²) in [7, 11) is 0. The zero-order valence-electron chi connectivity index (χ0n) is 10.2. The molecule has 2 aromatic rings. The van der Waals surface area contributed by atoms with Crippen LogP contribution in [0.25, 0.3) is 0 Å². The summed E-state index contributed by atoms with van der Waals surface area (Å²) >= 11 is 0. The van der Waals surface area contributed by atoms with Crippen molar-refractivity contribution in [3.8, 4) is 0 Å². The van der Waals surface area contributed by atoms with Crippen LogP contribution in [-0.4, -0.2) is 4.98 Å². The normalized spacial score (nSPS) is 12.8. The number of hydrogen-bond donors (Lipinski definition) is 1. The van der Waals surface area contributed by atoms with Gasteiger partial charge in [0.25, 0.3) is 0 Å². The summed E-state index contributed by atoms with van der Waals surface area (Å²) in [6, 6.07) is 16.1. The van der Waals surface area contributed by atoms with Crippen LogP contribution in [0.3, 0.4) is 0 Å². The summed E-state index contributed by atoms with van der Waals surface area (Å²) in [6.45, 7) is 2.04. The summed E-state index contributed by atoms with van der Waals surface area (Å²) in [5.74, 6) is 0. The summed E-state index contributed by atoms with van der Waals surface area (Å²) in [5.41, 5.74) is 8.13. The molecule has 4 heteroatoms. The number of pyridine rings is 1. The second-order valence-corrected chi connectivity index (χ2v) is 4.28. The highest BCUT2D eigenvalue weighted by molar-refractivity contribution is 5.85. The van der Waals surface area contributed by atoms with Gasteiger partial charge in [-0.1, -0.05) is 36.4 Å². The average Bonchev–Trinajstić information content (AvgIpc) is 2.31. The van der Waals surface area contributed by atoms with Crippen molar-refractivity contribution in [3.05, 3.63) is 66.0 Å². The molecule has 0 saturated carbocycles. The Morgan fingerprint density at radius 1 is 1.00 bits per heavy atom. The van der Waals surface area contributed by atoms with Gasteiger partial charge in [-0.25, -0.2) is 0 Å². The van der Waals surface area contributed by atoms with E-state index >= 15 is 0 Å². The standard InChI is InChI=1S/C14H16N2.2ClH/c1-14(15,12-7-3-2-4-8-12)11-13-9-5-6-10-16-13;;/h2-10H,11,15H2,1H3;2*1H. The molecule has 1 unspecified atom stereocenters. The first-order chi connectivity index (χ1) is 7.68. The summed E-state index contributed by atoms with van der Waals surface area (Å²) in [6.07, 6.45) is 2.55. The minimum atomic E-state index is -0.365.